The number of hydrogen-bond donors (Lipinski definition) is 2. The molecule has 0 spiro atoms. The average Bonchev–Trinajstić information content (AvgIpc) is 2.98. The van der Waals surface area contributed by atoms with Crippen LogP contribution in [-0.4, -0.2) is 52.5 Å². The van der Waals surface area contributed by atoms with E-state index in [0.29, 0.717) is 12.6 Å². The fourth-order valence-corrected chi connectivity index (χ4v) is 2.42. The summed E-state index contributed by atoms with van der Waals surface area (Å²) < 4.78 is 0. The average molecular weight is 280 g/mol. The van der Waals surface area contributed by atoms with Gasteiger partial charge in [0.25, 0.3) is 0 Å². The lowest BCUT2D eigenvalue weighted by atomic mass is 10.3. The Balaban J connectivity index is 2.06. The van der Waals surface area contributed by atoms with Crippen molar-refractivity contribution >= 4 is 17.3 Å². The predicted octanol–water partition coefficient (Wildman–Crippen LogP) is 1.32. The van der Waals surface area contributed by atoms with Crippen molar-refractivity contribution < 1.29 is 4.92 Å². The largest absolute Gasteiger partial charge is 0.367 e. The topological polar surface area (TPSA) is 96.2 Å². The zero-order valence-corrected chi connectivity index (χ0v) is 11.8. The third-order valence-corrected chi connectivity index (χ3v) is 3.57. The monoisotopic (exact) mass is 280 g/mol. The second-order valence-corrected chi connectivity index (χ2v) is 4.90. The fraction of sp³-hybridized carbons (Fsp3) is 0.667. The Bertz CT molecular complexity index is 475. The summed E-state index contributed by atoms with van der Waals surface area (Å²) >= 11 is 0. The van der Waals surface area contributed by atoms with Crippen LogP contribution in [0.25, 0.3) is 0 Å². The van der Waals surface area contributed by atoms with E-state index in [4.69, 9.17) is 0 Å². The van der Waals surface area contributed by atoms with Gasteiger partial charge in [-0.15, -0.1) is 0 Å². The molecule has 8 nitrogen and oxygen atoms in total. The maximum atomic E-state index is 11.1. The Morgan fingerprint density at radius 3 is 2.65 bits per heavy atom. The van der Waals surface area contributed by atoms with Gasteiger partial charge in [0.2, 0.25) is 11.6 Å². The molecule has 1 saturated heterocycles. The van der Waals surface area contributed by atoms with Gasteiger partial charge in [-0.1, -0.05) is 0 Å². The van der Waals surface area contributed by atoms with Crippen molar-refractivity contribution in [2.24, 2.45) is 0 Å². The molecule has 2 rings (SSSR count). The van der Waals surface area contributed by atoms with Crippen molar-refractivity contribution in [3.8, 4) is 0 Å². The van der Waals surface area contributed by atoms with Gasteiger partial charge in [-0.05, 0) is 32.9 Å². The van der Waals surface area contributed by atoms with Gasteiger partial charge in [0, 0.05) is 19.6 Å². The summed E-state index contributed by atoms with van der Waals surface area (Å²) in [6, 6.07) is 0.324. The van der Waals surface area contributed by atoms with Crippen molar-refractivity contribution in [2.75, 3.05) is 37.3 Å². The lowest BCUT2D eigenvalue weighted by Crippen LogP contribution is -2.35. The minimum atomic E-state index is -0.464. The second kappa shape index (κ2) is 6.47. The molecule has 0 aromatic carbocycles. The maximum absolute atomic E-state index is 11.1. The highest BCUT2D eigenvalue weighted by Gasteiger charge is 2.23. The SMILES string of the molecule is CNc1ncnc(NCC(C)N2CCCC2)c1[N+](=O)[O-]. The molecule has 110 valence electrons. The van der Waals surface area contributed by atoms with Crippen molar-refractivity contribution in [1.29, 1.82) is 0 Å². The molecule has 2 heterocycles. The Morgan fingerprint density at radius 1 is 1.40 bits per heavy atom. The number of hydrogen-bond acceptors (Lipinski definition) is 7. The van der Waals surface area contributed by atoms with Gasteiger partial charge in [0.05, 0.1) is 4.92 Å². The molecule has 20 heavy (non-hydrogen) atoms. The fourth-order valence-electron chi connectivity index (χ4n) is 2.42. The Labute approximate surface area is 117 Å². The second-order valence-electron chi connectivity index (χ2n) is 4.90. The number of rotatable bonds is 6. The molecule has 1 aliphatic rings. The van der Waals surface area contributed by atoms with E-state index in [-0.39, 0.29) is 17.3 Å². The quantitative estimate of drug-likeness (QED) is 0.599. The molecule has 1 aromatic heterocycles. The van der Waals surface area contributed by atoms with E-state index in [1.807, 2.05) is 0 Å². The minimum absolute atomic E-state index is 0.108. The molecule has 0 aliphatic carbocycles. The minimum Gasteiger partial charge on any atom is -0.367 e. The first-order chi connectivity index (χ1) is 9.63. The van der Waals surface area contributed by atoms with Crippen molar-refractivity contribution in [1.82, 2.24) is 14.9 Å². The van der Waals surface area contributed by atoms with Crippen molar-refractivity contribution in [2.45, 2.75) is 25.8 Å². The first-order valence-electron chi connectivity index (χ1n) is 6.78. The number of nitrogens with one attached hydrogen (secondary N) is 2. The number of likely N-dealkylation sites (tertiary alicyclic amines) is 1. The van der Waals surface area contributed by atoms with Gasteiger partial charge in [-0.25, -0.2) is 9.97 Å². The molecular formula is C12H20N6O2. The lowest BCUT2D eigenvalue weighted by Gasteiger charge is -2.24. The third-order valence-electron chi connectivity index (χ3n) is 3.57. The van der Waals surface area contributed by atoms with Crippen LogP contribution in [0.15, 0.2) is 6.33 Å². The molecule has 1 fully saturated rings. The van der Waals surface area contributed by atoms with E-state index in [0.717, 1.165) is 13.1 Å². The van der Waals surface area contributed by atoms with Crippen LogP contribution >= 0.6 is 0 Å². The molecule has 1 aliphatic heterocycles. The number of nitro groups is 1. The standard InChI is InChI=1S/C12H20N6O2/c1-9(17-5-3-4-6-17)7-14-12-10(18(19)20)11(13-2)15-8-16-12/h8-9H,3-7H2,1-2H3,(H2,13,14,15,16). The number of nitrogens with zero attached hydrogens (tertiary/aromatic N) is 4. The molecule has 1 atom stereocenters. The summed E-state index contributed by atoms with van der Waals surface area (Å²) in [6.45, 7) is 4.93. The summed E-state index contributed by atoms with van der Waals surface area (Å²) in [6.07, 6.45) is 3.77. The summed E-state index contributed by atoms with van der Waals surface area (Å²) in [5, 5.41) is 16.9. The Kier molecular flexibility index (Phi) is 4.67. The molecular weight excluding hydrogens is 260 g/mol. The molecule has 2 N–H and O–H groups in total. The molecule has 1 unspecified atom stereocenters. The summed E-state index contributed by atoms with van der Waals surface area (Å²) in [7, 11) is 1.60. The molecule has 0 bridgehead atoms. The van der Waals surface area contributed by atoms with Crippen LogP contribution in [-0.2, 0) is 0 Å². The van der Waals surface area contributed by atoms with Crippen LogP contribution in [0.4, 0.5) is 17.3 Å². The van der Waals surface area contributed by atoms with E-state index in [2.05, 4.69) is 32.4 Å². The van der Waals surface area contributed by atoms with Gasteiger partial charge in [0.15, 0.2) is 0 Å². The molecule has 0 amide bonds. The highest BCUT2D eigenvalue weighted by molar-refractivity contribution is 5.68. The van der Waals surface area contributed by atoms with Gasteiger partial charge in [-0.3, -0.25) is 15.0 Å². The molecule has 8 heteroatoms. The highest BCUT2D eigenvalue weighted by atomic mass is 16.6. The van der Waals surface area contributed by atoms with Crippen LogP contribution in [0.1, 0.15) is 19.8 Å². The molecule has 0 radical (unpaired) electrons. The van der Waals surface area contributed by atoms with Gasteiger partial charge >= 0.3 is 5.69 Å². The normalized spacial score (nSPS) is 16.9. The van der Waals surface area contributed by atoms with Crippen LogP contribution in [0, 0.1) is 10.1 Å². The van der Waals surface area contributed by atoms with Crippen LogP contribution < -0.4 is 10.6 Å². The van der Waals surface area contributed by atoms with E-state index >= 15 is 0 Å². The summed E-state index contributed by atoms with van der Waals surface area (Å²) in [5.74, 6) is 0.488. The zero-order valence-electron chi connectivity index (χ0n) is 11.8. The van der Waals surface area contributed by atoms with Gasteiger partial charge in [-0.2, -0.15) is 0 Å². The van der Waals surface area contributed by atoms with E-state index in [9.17, 15) is 10.1 Å². The van der Waals surface area contributed by atoms with Crippen molar-refractivity contribution in [3.05, 3.63) is 16.4 Å². The van der Waals surface area contributed by atoms with Gasteiger partial charge in [0.1, 0.15) is 6.33 Å². The van der Waals surface area contributed by atoms with Crippen LogP contribution in [0.3, 0.4) is 0 Å². The van der Waals surface area contributed by atoms with Gasteiger partial charge < -0.3 is 10.6 Å². The molecule has 1 aromatic rings. The van der Waals surface area contributed by atoms with E-state index in [1.54, 1.807) is 7.05 Å². The third kappa shape index (κ3) is 3.13. The van der Waals surface area contributed by atoms with Crippen LogP contribution in [0.5, 0.6) is 0 Å². The highest BCUT2D eigenvalue weighted by Crippen LogP contribution is 2.28. The first kappa shape index (κ1) is 14.4. The zero-order chi connectivity index (χ0) is 14.5. The first-order valence-corrected chi connectivity index (χ1v) is 6.78. The van der Waals surface area contributed by atoms with Crippen LogP contribution in [0.2, 0.25) is 0 Å². The van der Waals surface area contributed by atoms with Crippen molar-refractivity contribution in [3.63, 3.8) is 0 Å². The van der Waals surface area contributed by atoms with E-state index < -0.39 is 4.92 Å². The Hall–Kier alpha value is -1.96. The summed E-state index contributed by atoms with van der Waals surface area (Å²) in [5.41, 5.74) is -0.108. The smallest absolute Gasteiger partial charge is 0.353 e. The lowest BCUT2D eigenvalue weighted by molar-refractivity contribution is -0.383. The Morgan fingerprint density at radius 2 is 2.05 bits per heavy atom. The maximum Gasteiger partial charge on any atom is 0.353 e. The number of anilines is 2. The predicted molar refractivity (Wildman–Crippen MR) is 77.0 cm³/mol. The summed E-state index contributed by atoms with van der Waals surface area (Å²) in [4.78, 5) is 20.9. The van der Waals surface area contributed by atoms with E-state index in [1.165, 1.54) is 19.2 Å². The number of aromatic nitrogens is 2. The molecule has 0 saturated carbocycles.